The predicted molar refractivity (Wildman–Crippen MR) is 194 cm³/mol. The maximum absolute atomic E-state index is 10.7. The van der Waals surface area contributed by atoms with E-state index in [1.807, 2.05) is 13.8 Å². The van der Waals surface area contributed by atoms with Gasteiger partial charge in [0.2, 0.25) is 0 Å². The van der Waals surface area contributed by atoms with Crippen molar-refractivity contribution in [2.45, 2.75) is 38.9 Å². The van der Waals surface area contributed by atoms with Crippen molar-refractivity contribution in [2.75, 3.05) is 0 Å². The Hall–Kier alpha value is -4.37. The summed E-state index contributed by atoms with van der Waals surface area (Å²) >= 11 is 0. The molecule has 0 fully saturated rings. The third-order valence-electron chi connectivity index (χ3n) is 9.69. The zero-order chi connectivity index (χ0) is 30.6. The van der Waals surface area contributed by atoms with E-state index >= 15 is 0 Å². The highest BCUT2D eigenvalue weighted by Crippen LogP contribution is 2.46. The summed E-state index contributed by atoms with van der Waals surface area (Å²) in [5, 5.41) is 20.6. The zero-order valence-electron chi connectivity index (χ0n) is 26.1. The van der Waals surface area contributed by atoms with Crippen molar-refractivity contribution in [3.8, 4) is 22.3 Å². The summed E-state index contributed by atoms with van der Waals surface area (Å²) in [7, 11) is 2.61. The molecular weight excluding hydrogens is 534 g/mol. The molecule has 0 saturated heterocycles. The van der Waals surface area contributed by atoms with Gasteiger partial charge in [0.15, 0.2) is 0 Å². The van der Waals surface area contributed by atoms with Gasteiger partial charge in [-0.25, -0.2) is 0 Å². The van der Waals surface area contributed by atoms with Gasteiger partial charge in [0.25, 0.3) is 0 Å². The van der Waals surface area contributed by atoms with E-state index in [-0.39, 0.29) is 0 Å². The molecule has 4 heteroatoms. The Labute approximate surface area is 261 Å². The minimum absolute atomic E-state index is 0.415. The van der Waals surface area contributed by atoms with Crippen LogP contribution in [0.5, 0.6) is 0 Å². The summed E-state index contributed by atoms with van der Waals surface area (Å²) in [4.78, 5) is 0. The first kappa shape index (κ1) is 28.4. The smallest absolute Gasteiger partial charge is 0.310 e. The Balaban J connectivity index is 1.50. The van der Waals surface area contributed by atoms with E-state index in [1.165, 1.54) is 70.8 Å². The molecule has 0 aliphatic rings. The minimum atomic E-state index is -0.967. The van der Waals surface area contributed by atoms with Crippen LogP contribution in [0.25, 0.3) is 65.3 Å². The van der Waals surface area contributed by atoms with Gasteiger partial charge in [0.1, 0.15) is 7.85 Å². The minimum Gasteiger partial charge on any atom is -0.427 e. The molecule has 0 aromatic heterocycles. The SMILES string of the molecule is Bc1ccc(-c2c3ccccc3c(-c3ccc(BOC(C)(C)C(C)(C)O)c4ccccc34)c3ccccc23)c2ccccc12. The van der Waals surface area contributed by atoms with Gasteiger partial charge in [-0.3, -0.25) is 0 Å². The van der Waals surface area contributed by atoms with Crippen molar-refractivity contribution in [3.05, 3.63) is 121 Å². The van der Waals surface area contributed by atoms with Gasteiger partial charge >= 0.3 is 7.48 Å². The highest BCUT2D eigenvalue weighted by Gasteiger charge is 2.35. The van der Waals surface area contributed by atoms with Crippen molar-refractivity contribution in [1.29, 1.82) is 0 Å². The third kappa shape index (κ3) is 4.61. The molecule has 0 amide bonds. The fourth-order valence-electron chi connectivity index (χ4n) is 6.52. The lowest BCUT2D eigenvalue weighted by molar-refractivity contribution is -0.0893. The summed E-state index contributed by atoms with van der Waals surface area (Å²) in [5.74, 6) is 0. The van der Waals surface area contributed by atoms with Gasteiger partial charge < -0.3 is 9.76 Å². The van der Waals surface area contributed by atoms with Crippen LogP contribution < -0.4 is 10.9 Å². The standard InChI is InChI=1S/C40H36B2O2/c1-39(2,43)40(3,4)44-42-36-24-22-34(26-14-6-8-16-28(26)36)38-31-19-11-9-17-29(31)37(30-18-10-12-20-32(30)38)33-21-23-35(41)27-15-7-5-13-25(27)33/h5-24,42-43H,41H2,1-4H3. The molecule has 0 spiro atoms. The normalized spacial score (nSPS) is 12.4. The van der Waals surface area contributed by atoms with Crippen LogP contribution in [0, 0.1) is 0 Å². The molecule has 0 radical (unpaired) electrons. The molecule has 0 heterocycles. The highest BCUT2D eigenvalue weighted by atomic mass is 16.5. The molecule has 2 nitrogen and oxygen atoms in total. The molecule has 0 aliphatic carbocycles. The number of benzene rings is 7. The Morgan fingerprint density at radius 3 is 1.36 bits per heavy atom. The van der Waals surface area contributed by atoms with E-state index in [9.17, 15) is 5.11 Å². The van der Waals surface area contributed by atoms with E-state index in [0.29, 0.717) is 7.48 Å². The van der Waals surface area contributed by atoms with Gasteiger partial charge in [0, 0.05) is 0 Å². The van der Waals surface area contributed by atoms with Crippen LogP contribution in [-0.4, -0.2) is 31.6 Å². The Morgan fingerprint density at radius 2 is 0.886 bits per heavy atom. The van der Waals surface area contributed by atoms with Crippen molar-refractivity contribution in [3.63, 3.8) is 0 Å². The fourth-order valence-corrected chi connectivity index (χ4v) is 6.52. The van der Waals surface area contributed by atoms with Gasteiger partial charge in [0.05, 0.1) is 11.2 Å². The summed E-state index contributed by atoms with van der Waals surface area (Å²) in [6.07, 6.45) is 0. The largest absolute Gasteiger partial charge is 0.427 e. The van der Waals surface area contributed by atoms with E-state index in [1.54, 1.807) is 13.8 Å². The van der Waals surface area contributed by atoms with Crippen LogP contribution in [0.2, 0.25) is 0 Å². The van der Waals surface area contributed by atoms with Crippen molar-refractivity contribution in [2.24, 2.45) is 0 Å². The first-order valence-electron chi connectivity index (χ1n) is 15.5. The second kappa shape index (κ2) is 10.7. The van der Waals surface area contributed by atoms with Gasteiger partial charge in [-0.15, -0.1) is 0 Å². The van der Waals surface area contributed by atoms with Crippen LogP contribution >= 0.6 is 0 Å². The Kier molecular flexibility index (Phi) is 6.88. The lowest BCUT2D eigenvalue weighted by Crippen LogP contribution is -2.49. The van der Waals surface area contributed by atoms with Crippen molar-refractivity contribution in [1.82, 2.24) is 0 Å². The fraction of sp³-hybridized carbons (Fsp3) is 0.150. The van der Waals surface area contributed by atoms with Gasteiger partial charge in [-0.1, -0.05) is 127 Å². The van der Waals surface area contributed by atoms with E-state index in [0.717, 1.165) is 5.46 Å². The number of hydrogen-bond donors (Lipinski definition) is 1. The molecule has 0 aliphatic heterocycles. The van der Waals surface area contributed by atoms with Gasteiger partial charge in [-0.2, -0.15) is 0 Å². The Bertz CT molecular complexity index is 2150. The topological polar surface area (TPSA) is 29.5 Å². The molecule has 44 heavy (non-hydrogen) atoms. The second-order valence-electron chi connectivity index (χ2n) is 13.0. The number of rotatable bonds is 6. The molecule has 7 aromatic carbocycles. The van der Waals surface area contributed by atoms with Crippen molar-refractivity contribution >= 4 is 69.3 Å². The second-order valence-corrected chi connectivity index (χ2v) is 13.0. The molecule has 0 saturated carbocycles. The average molecular weight is 570 g/mol. The third-order valence-corrected chi connectivity index (χ3v) is 9.69. The van der Waals surface area contributed by atoms with E-state index in [4.69, 9.17) is 4.65 Å². The van der Waals surface area contributed by atoms with Crippen LogP contribution in [0.15, 0.2) is 121 Å². The summed E-state index contributed by atoms with van der Waals surface area (Å²) in [5.41, 5.74) is 5.72. The lowest BCUT2D eigenvalue weighted by Gasteiger charge is -2.37. The molecule has 1 N–H and O–H groups in total. The first-order chi connectivity index (χ1) is 21.2. The molecule has 7 rings (SSSR count). The van der Waals surface area contributed by atoms with Crippen LogP contribution in [0.3, 0.4) is 0 Å². The highest BCUT2D eigenvalue weighted by molar-refractivity contribution is 6.52. The monoisotopic (exact) mass is 570 g/mol. The van der Waals surface area contributed by atoms with Gasteiger partial charge in [-0.05, 0) is 98.5 Å². The molecule has 214 valence electrons. The zero-order valence-corrected chi connectivity index (χ0v) is 26.1. The summed E-state index contributed by atoms with van der Waals surface area (Å²) < 4.78 is 6.33. The Morgan fingerprint density at radius 1 is 0.500 bits per heavy atom. The molecular formula is C40H36B2O2. The van der Waals surface area contributed by atoms with Crippen LogP contribution in [0.1, 0.15) is 27.7 Å². The maximum Gasteiger partial charge on any atom is 0.310 e. The number of fused-ring (bicyclic) bond motifs is 4. The number of aliphatic hydroxyl groups is 1. The van der Waals surface area contributed by atoms with Crippen LogP contribution in [-0.2, 0) is 4.65 Å². The molecule has 0 unspecified atom stereocenters. The predicted octanol–water partition coefficient (Wildman–Crippen LogP) is 7.43. The van der Waals surface area contributed by atoms with E-state index in [2.05, 4.69) is 129 Å². The molecule has 7 aromatic rings. The molecule has 0 bridgehead atoms. The van der Waals surface area contributed by atoms with Crippen molar-refractivity contribution < 1.29 is 9.76 Å². The van der Waals surface area contributed by atoms with E-state index < -0.39 is 11.2 Å². The summed E-state index contributed by atoms with van der Waals surface area (Å²) in [6.45, 7) is 7.49. The lowest BCUT2D eigenvalue weighted by atomic mass is 9.78. The number of hydrogen-bond acceptors (Lipinski definition) is 2. The summed E-state index contributed by atoms with van der Waals surface area (Å²) in [6, 6.07) is 44.1. The van der Waals surface area contributed by atoms with Crippen LogP contribution in [0.4, 0.5) is 0 Å². The average Bonchev–Trinajstić information content (AvgIpc) is 3.03. The first-order valence-corrected chi connectivity index (χ1v) is 15.5. The quantitative estimate of drug-likeness (QED) is 0.167. The molecule has 0 atom stereocenters. The maximum atomic E-state index is 10.7.